The van der Waals surface area contributed by atoms with Crippen molar-refractivity contribution in [1.82, 2.24) is 10.1 Å². The van der Waals surface area contributed by atoms with Gasteiger partial charge in [-0.15, -0.1) is 0 Å². The fourth-order valence-electron chi connectivity index (χ4n) is 2.02. The van der Waals surface area contributed by atoms with Crippen molar-refractivity contribution in [3.8, 4) is 0 Å². The predicted molar refractivity (Wildman–Crippen MR) is 85.3 cm³/mol. The van der Waals surface area contributed by atoms with Crippen LogP contribution < -0.4 is 0 Å². The molecule has 0 aliphatic carbocycles. The first kappa shape index (κ1) is 16.7. The molecular weight excluding hydrogens is 300 g/mol. The van der Waals surface area contributed by atoms with E-state index in [0.717, 1.165) is 12.0 Å². The van der Waals surface area contributed by atoms with E-state index in [9.17, 15) is 8.42 Å². The number of aromatic nitrogens is 2. The van der Waals surface area contributed by atoms with E-state index in [4.69, 9.17) is 4.52 Å². The highest BCUT2D eigenvalue weighted by Crippen LogP contribution is 2.19. The van der Waals surface area contributed by atoms with Gasteiger partial charge >= 0.3 is 0 Å². The third kappa shape index (κ3) is 4.94. The van der Waals surface area contributed by atoms with Crippen molar-refractivity contribution < 1.29 is 12.9 Å². The first-order valence-electron chi connectivity index (χ1n) is 7.34. The zero-order valence-electron chi connectivity index (χ0n) is 13.2. The second-order valence-corrected chi connectivity index (χ2v) is 8.63. The van der Waals surface area contributed by atoms with Crippen molar-refractivity contribution in [2.24, 2.45) is 0 Å². The van der Waals surface area contributed by atoms with E-state index < -0.39 is 9.84 Å². The topological polar surface area (TPSA) is 73.1 Å². The number of nitrogens with zero attached hydrogens (tertiary/aromatic N) is 2. The van der Waals surface area contributed by atoms with Crippen molar-refractivity contribution in [2.75, 3.05) is 5.75 Å². The highest BCUT2D eigenvalue weighted by atomic mass is 32.2. The smallest absolute Gasteiger partial charge is 0.241 e. The third-order valence-corrected chi connectivity index (χ3v) is 4.84. The lowest BCUT2D eigenvalue weighted by Crippen LogP contribution is -2.14. The summed E-state index contributed by atoms with van der Waals surface area (Å²) in [5.41, 5.74) is 0.893. The van der Waals surface area contributed by atoms with Crippen LogP contribution in [-0.2, 0) is 27.4 Å². The van der Waals surface area contributed by atoms with Gasteiger partial charge < -0.3 is 4.52 Å². The largest absolute Gasteiger partial charge is 0.338 e. The maximum absolute atomic E-state index is 12.1. The van der Waals surface area contributed by atoms with Crippen LogP contribution in [0.5, 0.6) is 0 Å². The summed E-state index contributed by atoms with van der Waals surface area (Å²) >= 11 is 0. The Morgan fingerprint density at radius 3 is 2.41 bits per heavy atom. The molecule has 22 heavy (non-hydrogen) atoms. The van der Waals surface area contributed by atoms with Gasteiger partial charge in [0, 0.05) is 5.41 Å². The summed E-state index contributed by atoms with van der Waals surface area (Å²) in [7, 11) is -3.23. The Labute approximate surface area is 131 Å². The summed E-state index contributed by atoms with van der Waals surface area (Å²) in [5, 5.41) is 3.85. The molecule has 0 unspecified atom stereocenters. The van der Waals surface area contributed by atoms with E-state index in [1.165, 1.54) is 0 Å². The van der Waals surface area contributed by atoms with Crippen LogP contribution in [0.4, 0.5) is 0 Å². The molecule has 6 heteroatoms. The van der Waals surface area contributed by atoms with E-state index in [1.54, 1.807) is 0 Å². The molecule has 0 saturated carbocycles. The Morgan fingerprint density at radius 1 is 1.14 bits per heavy atom. The van der Waals surface area contributed by atoms with Crippen molar-refractivity contribution >= 4 is 9.84 Å². The van der Waals surface area contributed by atoms with E-state index in [2.05, 4.69) is 10.1 Å². The zero-order chi connectivity index (χ0) is 16.2. The van der Waals surface area contributed by atoms with Crippen LogP contribution >= 0.6 is 0 Å². The van der Waals surface area contributed by atoms with Gasteiger partial charge in [-0.2, -0.15) is 4.98 Å². The van der Waals surface area contributed by atoms with Gasteiger partial charge in [0.1, 0.15) is 5.75 Å². The quantitative estimate of drug-likeness (QED) is 0.817. The fraction of sp³-hybridized carbons (Fsp3) is 0.500. The molecule has 0 atom stereocenters. The summed E-state index contributed by atoms with van der Waals surface area (Å²) in [6.07, 6.45) is 1.34. The third-order valence-electron chi connectivity index (χ3n) is 3.25. The SMILES string of the molecule is CC(C)(C)c1noc(CS(=O)(=O)CCCc2ccccc2)n1. The number of benzene rings is 1. The van der Waals surface area contributed by atoms with Crippen LogP contribution in [0.3, 0.4) is 0 Å². The first-order chi connectivity index (χ1) is 10.3. The van der Waals surface area contributed by atoms with Gasteiger partial charge in [0.2, 0.25) is 5.89 Å². The Bertz CT molecular complexity index is 700. The van der Waals surface area contributed by atoms with Gasteiger partial charge in [-0.1, -0.05) is 56.3 Å². The van der Waals surface area contributed by atoms with Crippen molar-refractivity contribution in [1.29, 1.82) is 0 Å². The van der Waals surface area contributed by atoms with E-state index in [-0.39, 0.29) is 22.8 Å². The molecule has 2 aromatic rings. The fourth-order valence-corrected chi connectivity index (χ4v) is 3.24. The van der Waals surface area contributed by atoms with Crippen molar-refractivity contribution in [2.45, 2.75) is 44.8 Å². The summed E-state index contributed by atoms with van der Waals surface area (Å²) in [5.74, 6) is 0.631. The van der Waals surface area contributed by atoms with E-state index in [1.807, 2.05) is 51.1 Å². The van der Waals surface area contributed by atoms with Crippen LogP contribution in [0.2, 0.25) is 0 Å². The molecule has 0 aliphatic rings. The molecule has 120 valence electrons. The molecule has 5 nitrogen and oxygen atoms in total. The Balaban J connectivity index is 1.90. The number of hydrogen-bond donors (Lipinski definition) is 0. The number of hydrogen-bond acceptors (Lipinski definition) is 5. The molecule has 1 aromatic heterocycles. The van der Waals surface area contributed by atoms with Crippen LogP contribution in [0.15, 0.2) is 34.9 Å². The van der Waals surface area contributed by atoms with Gasteiger partial charge in [-0.3, -0.25) is 0 Å². The molecule has 0 radical (unpaired) electrons. The standard InChI is InChI=1S/C16H22N2O3S/c1-16(2,3)15-17-14(21-18-15)12-22(19,20)11-7-10-13-8-5-4-6-9-13/h4-6,8-9H,7,10-12H2,1-3H3. The number of rotatable bonds is 6. The molecular formula is C16H22N2O3S. The summed E-state index contributed by atoms with van der Waals surface area (Å²) in [6, 6.07) is 9.86. The molecule has 0 aliphatic heterocycles. The second-order valence-electron chi connectivity index (χ2n) is 6.44. The number of aryl methyl sites for hydroxylation is 1. The average molecular weight is 322 g/mol. The summed E-state index contributed by atoms with van der Waals surface area (Å²) < 4.78 is 29.3. The van der Waals surface area contributed by atoms with Gasteiger partial charge in [0.15, 0.2) is 15.7 Å². The van der Waals surface area contributed by atoms with Crippen LogP contribution in [0.1, 0.15) is 44.5 Å². The maximum atomic E-state index is 12.1. The zero-order valence-corrected chi connectivity index (χ0v) is 14.1. The molecule has 0 N–H and O–H groups in total. The lowest BCUT2D eigenvalue weighted by molar-refractivity contribution is 0.371. The van der Waals surface area contributed by atoms with Gasteiger partial charge in [0.25, 0.3) is 0 Å². The second kappa shape index (κ2) is 6.60. The van der Waals surface area contributed by atoms with Crippen LogP contribution in [-0.4, -0.2) is 24.3 Å². The number of sulfone groups is 1. The maximum Gasteiger partial charge on any atom is 0.241 e. The molecule has 0 saturated heterocycles. The van der Waals surface area contributed by atoms with Crippen LogP contribution in [0.25, 0.3) is 0 Å². The molecule has 0 spiro atoms. The Kier molecular flexibility index (Phi) is 5.01. The molecule has 0 amide bonds. The monoisotopic (exact) mass is 322 g/mol. The Morgan fingerprint density at radius 2 is 1.82 bits per heavy atom. The normalized spacial score (nSPS) is 12.5. The van der Waals surface area contributed by atoms with E-state index >= 15 is 0 Å². The lowest BCUT2D eigenvalue weighted by Gasteiger charge is -2.10. The van der Waals surface area contributed by atoms with Crippen molar-refractivity contribution in [3.05, 3.63) is 47.6 Å². The van der Waals surface area contributed by atoms with Gasteiger partial charge in [0.05, 0.1) is 5.75 Å². The average Bonchev–Trinajstić information content (AvgIpc) is 2.87. The molecule has 0 fully saturated rings. The minimum absolute atomic E-state index is 0.120. The Hall–Kier alpha value is -1.69. The van der Waals surface area contributed by atoms with Gasteiger partial charge in [-0.05, 0) is 18.4 Å². The first-order valence-corrected chi connectivity index (χ1v) is 9.16. The van der Waals surface area contributed by atoms with E-state index in [0.29, 0.717) is 12.2 Å². The summed E-state index contributed by atoms with van der Waals surface area (Å²) in [4.78, 5) is 4.18. The molecule has 1 heterocycles. The summed E-state index contributed by atoms with van der Waals surface area (Å²) in [6.45, 7) is 5.86. The minimum atomic E-state index is -3.23. The molecule has 2 rings (SSSR count). The van der Waals surface area contributed by atoms with Crippen molar-refractivity contribution in [3.63, 3.8) is 0 Å². The molecule has 1 aromatic carbocycles. The highest BCUT2D eigenvalue weighted by molar-refractivity contribution is 7.90. The minimum Gasteiger partial charge on any atom is -0.338 e. The van der Waals surface area contributed by atoms with Gasteiger partial charge in [-0.25, -0.2) is 8.42 Å². The lowest BCUT2D eigenvalue weighted by atomic mass is 9.96. The molecule has 0 bridgehead atoms. The van der Waals surface area contributed by atoms with Crippen LogP contribution in [0, 0.1) is 0 Å². The predicted octanol–water partition coefficient (Wildman–Crippen LogP) is 2.91. The highest BCUT2D eigenvalue weighted by Gasteiger charge is 2.23.